The Morgan fingerprint density at radius 2 is 1.59 bits per heavy atom. The normalized spacial score (nSPS) is 10.4. The zero-order chi connectivity index (χ0) is 19.2. The average molecular weight is 364 g/mol. The second-order valence-electron chi connectivity index (χ2n) is 6.16. The Labute approximate surface area is 159 Å². The van der Waals surface area contributed by atoms with Gasteiger partial charge in [0.15, 0.2) is 11.5 Å². The summed E-state index contributed by atoms with van der Waals surface area (Å²) in [6.07, 6.45) is 0. The number of nitrogens with one attached hydrogen (secondary N) is 2. The monoisotopic (exact) mass is 364 g/mol. The Hall–Kier alpha value is -3.28. The van der Waals surface area contributed by atoms with Gasteiger partial charge >= 0.3 is 0 Å². The number of nitrogens with zero attached hydrogens (tertiary/aromatic N) is 2. The number of anilines is 3. The first-order valence-corrected chi connectivity index (χ1v) is 8.72. The SMILES string of the molecule is COc1ccc(Nc2cc(NCc3ccccc3C)nc(C)n2)cc1OC. The fourth-order valence-corrected chi connectivity index (χ4v) is 2.78. The predicted octanol–water partition coefficient (Wildman–Crippen LogP) is 4.47. The van der Waals surface area contributed by atoms with Crippen molar-refractivity contribution in [2.45, 2.75) is 20.4 Å². The molecule has 3 aromatic rings. The van der Waals surface area contributed by atoms with Crippen molar-refractivity contribution in [2.24, 2.45) is 0 Å². The maximum absolute atomic E-state index is 5.35. The Kier molecular flexibility index (Phi) is 5.76. The first-order chi connectivity index (χ1) is 13.1. The highest BCUT2D eigenvalue weighted by Crippen LogP contribution is 2.31. The third-order valence-electron chi connectivity index (χ3n) is 4.22. The molecule has 27 heavy (non-hydrogen) atoms. The van der Waals surface area contributed by atoms with E-state index in [-0.39, 0.29) is 0 Å². The second kappa shape index (κ2) is 8.40. The molecule has 6 heteroatoms. The van der Waals surface area contributed by atoms with Gasteiger partial charge < -0.3 is 20.1 Å². The van der Waals surface area contributed by atoms with E-state index in [9.17, 15) is 0 Å². The molecule has 2 aromatic carbocycles. The lowest BCUT2D eigenvalue weighted by molar-refractivity contribution is 0.355. The molecule has 1 heterocycles. The molecule has 0 fully saturated rings. The number of aryl methyl sites for hydroxylation is 2. The van der Waals surface area contributed by atoms with Crippen LogP contribution in [-0.4, -0.2) is 24.2 Å². The molecule has 0 unspecified atom stereocenters. The van der Waals surface area contributed by atoms with Gasteiger partial charge in [0.25, 0.3) is 0 Å². The van der Waals surface area contributed by atoms with Crippen LogP contribution < -0.4 is 20.1 Å². The number of benzene rings is 2. The molecule has 0 saturated carbocycles. The van der Waals surface area contributed by atoms with Gasteiger partial charge in [0.2, 0.25) is 0 Å². The largest absolute Gasteiger partial charge is 0.493 e. The van der Waals surface area contributed by atoms with Gasteiger partial charge in [-0.1, -0.05) is 24.3 Å². The molecule has 0 radical (unpaired) electrons. The Bertz CT molecular complexity index is 928. The fourth-order valence-electron chi connectivity index (χ4n) is 2.78. The van der Waals surface area contributed by atoms with Crippen LogP contribution in [0.15, 0.2) is 48.5 Å². The number of ether oxygens (including phenoxy) is 2. The molecule has 3 rings (SSSR count). The number of aromatic nitrogens is 2. The van der Waals surface area contributed by atoms with Gasteiger partial charge in [-0.15, -0.1) is 0 Å². The minimum atomic E-state index is 0.658. The standard InChI is InChI=1S/C21H24N4O2/c1-14-7-5-6-8-16(14)13-22-20-12-21(24-15(2)23-20)25-17-9-10-18(26-3)19(11-17)27-4/h5-12H,13H2,1-4H3,(H2,22,23,24,25). The van der Waals surface area contributed by atoms with Crippen molar-refractivity contribution >= 4 is 17.3 Å². The van der Waals surface area contributed by atoms with Gasteiger partial charge in [-0.25, -0.2) is 9.97 Å². The van der Waals surface area contributed by atoms with Gasteiger partial charge in [0.05, 0.1) is 14.2 Å². The van der Waals surface area contributed by atoms with E-state index in [2.05, 4.69) is 39.7 Å². The van der Waals surface area contributed by atoms with Gasteiger partial charge in [-0.3, -0.25) is 0 Å². The van der Waals surface area contributed by atoms with E-state index in [1.54, 1.807) is 14.2 Å². The van der Waals surface area contributed by atoms with E-state index in [4.69, 9.17) is 9.47 Å². The lowest BCUT2D eigenvalue weighted by atomic mass is 10.1. The highest BCUT2D eigenvalue weighted by Gasteiger charge is 2.07. The van der Waals surface area contributed by atoms with Crippen LogP contribution >= 0.6 is 0 Å². The van der Waals surface area contributed by atoms with Gasteiger partial charge in [0, 0.05) is 24.4 Å². The lowest BCUT2D eigenvalue weighted by Gasteiger charge is -2.13. The van der Waals surface area contributed by atoms with Crippen LogP contribution in [0.5, 0.6) is 11.5 Å². The summed E-state index contributed by atoms with van der Waals surface area (Å²) in [5.74, 6) is 3.51. The molecular weight excluding hydrogens is 340 g/mol. The Morgan fingerprint density at radius 1 is 0.852 bits per heavy atom. The van der Waals surface area contributed by atoms with Crippen LogP contribution in [0.3, 0.4) is 0 Å². The van der Waals surface area contributed by atoms with Crippen molar-refractivity contribution in [3.05, 3.63) is 65.5 Å². The van der Waals surface area contributed by atoms with Crippen molar-refractivity contribution in [3.63, 3.8) is 0 Å². The summed E-state index contributed by atoms with van der Waals surface area (Å²) in [7, 11) is 3.23. The summed E-state index contributed by atoms with van der Waals surface area (Å²) in [5.41, 5.74) is 3.35. The molecule has 0 bridgehead atoms. The summed E-state index contributed by atoms with van der Waals surface area (Å²) in [4.78, 5) is 8.94. The summed E-state index contributed by atoms with van der Waals surface area (Å²) in [6, 6.07) is 15.8. The highest BCUT2D eigenvalue weighted by atomic mass is 16.5. The zero-order valence-electron chi connectivity index (χ0n) is 16.0. The van der Waals surface area contributed by atoms with Crippen molar-refractivity contribution in [2.75, 3.05) is 24.9 Å². The van der Waals surface area contributed by atoms with Crippen LogP contribution in [0.2, 0.25) is 0 Å². The van der Waals surface area contributed by atoms with E-state index in [0.29, 0.717) is 29.7 Å². The molecule has 2 N–H and O–H groups in total. The summed E-state index contributed by atoms with van der Waals surface area (Å²) >= 11 is 0. The molecule has 0 atom stereocenters. The van der Waals surface area contributed by atoms with E-state index < -0.39 is 0 Å². The maximum Gasteiger partial charge on any atom is 0.162 e. The minimum Gasteiger partial charge on any atom is -0.493 e. The van der Waals surface area contributed by atoms with Crippen LogP contribution in [0.1, 0.15) is 17.0 Å². The van der Waals surface area contributed by atoms with Gasteiger partial charge in [-0.05, 0) is 37.1 Å². The van der Waals surface area contributed by atoms with Crippen molar-refractivity contribution < 1.29 is 9.47 Å². The molecule has 0 aliphatic carbocycles. The Morgan fingerprint density at radius 3 is 2.33 bits per heavy atom. The second-order valence-corrected chi connectivity index (χ2v) is 6.16. The van der Waals surface area contributed by atoms with E-state index in [1.165, 1.54) is 11.1 Å². The van der Waals surface area contributed by atoms with Gasteiger partial charge in [-0.2, -0.15) is 0 Å². The van der Waals surface area contributed by atoms with Crippen LogP contribution in [0, 0.1) is 13.8 Å². The first kappa shape index (κ1) is 18.5. The van der Waals surface area contributed by atoms with Crippen molar-refractivity contribution in [1.29, 1.82) is 0 Å². The summed E-state index contributed by atoms with van der Waals surface area (Å²) < 4.78 is 10.6. The first-order valence-electron chi connectivity index (χ1n) is 8.72. The van der Waals surface area contributed by atoms with E-state index in [1.807, 2.05) is 43.3 Å². The Balaban J connectivity index is 1.76. The number of hydrogen-bond acceptors (Lipinski definition) is 6. The third-order valence-corrected chi connectivity index (χ3v) is 4.22. The van der Waals surface area contributed by atoms with Crippen LogP contribution in [0.4, 0.5) is 17.3 Å². The molecule has 0 amide bonds. The fraction of sp³-hybridized carbons (Fsp3) is 0.238. The van der Waals surface area contributed by atoms with Gasteiger partial charge in [0.1, 0.15) is 17.5 Å². The highest BCUT2D eigenvalue weighted by molar-refractivity contribution is 5.63. The smallest absolute Gasteiger partial charge is 0.162 e. The van der Waals surface area contributed by atoms with E-state index in [0.717, 1.165) is 11.5 Å². The lowest BCUT2D eigenvalue weighted by Crippen LogP contribution is -2.06. The van der Waals surface area contributed by atoms with Crippen LogP contribution in [0.25, 0.3) is 0 Å². The number of rotatable bonds is 7. The third kappa shape index (κ3) is 4.67. The molecule has 0 spiro atoms. The molecule has 0 aliphatic rings. The molecule has 0 saturated heterocycles. The average Bonchev–Trinajstić information content (AvgIpc) is 2.67. The predicted molar refractivity (Wildman–Crippen MR) is 108 cm³/mol. The van der Waals surface area contributed by atoms with Crippen molar-refractivity contribution in [1.82, 2.24) is 9.97 Å². The molecule has 140 valence electrons. The summed E-state index contributed by atoms with van der Waals surface area (Å²) in [5, 5.41) is 6.67. The number of methoxy groups -OCH3 is 2. The topological polar surface area (TPSA) is 68.3 Å². The quantitative estimate of drug-likeness (QED) is 0.645. The molecular formula is C21H24N4O2. The van der Waals surface area contributed by atoms with Crippen LogP contribution in [-0.2, 0) is 6.54 Å². The molecule has 0 aliphatic heterocycles. The van der Waals surface area contributed by atoms with E-state index >= 15 is 0 Å². The molecule has 6 nitrogen and oxygen atoms in total. The number of hydrogen-bond donors (Lipinski definition) is 2. The summed E-state index contributed by atoms with van der Waals surface area (Å²) in [6.45, 7) is 4.68. The zero-order valence-corrected chi connectivity index (χ0v) is 16.0. The molecule has 1 aromatic heterocycles. The van der Waals surface area contributed by atoms with Crippen molar-refractivity contribution in [3.8, 4) is 11.5 Å². The maximum atomic E-state index is 5.35. The minimum absolute atomic E-state index is 0.658.